The van der Waals surface area contributed by atoms with Crippen LogP contribution in [0.15, 0.2) is 53.5 Å². The normalized spacial score (nSPS) is 11.8. The molecular weight excluding hydrogens is 392 g/mol. The van der Waals surface area contributed by atoms with Gasteiger partial charge in [-0.05, 0) is 36.0 Å². The average molecular weight is 436 g/mol. The predicted molar refractivity (Wildman–Crippen MR) is 138 cm³/mol. The van der Waals surface area contributed by atoms with E-state index in [1.54, 1.807) is 0 Å². The number of quaternary nitrogens is 1. The third-order valence-corrected chi connectivity index (χ3v) is 6.18. The minimum atomic E-state index is 0.753. The molecule has 0 amide bonds. The molecule has 0 unspecified atom stereocenters. The Morgan fingerprint density at radius 2 is 1.25 bits per heavy atom. The summed E-state index contributed by atoms with van der Waals surface area (Å²) in [5.74, 6) is 0. The van der Waals surface area contributed by atoms with Gasteiger partial charge in [-0.2, -0.15) is 0 Å². The van der Waals surface area contributed by atoms with Crippen LogP contribution in [0.5, 0.6) is 0 Å². The summed E-state index contributed by atoms with van der Waals surface area (Å²) < 4.78 is 1.05. The van der Waals surface area contributed by atoms with Crippen LogP contribution in [0.2, 0.25) is 0 Å². The minimum Gasteiger partial charge on any atom is -0.328 e. The molecule has 0 atom stereocenters. The van der Waals surface area contributed by atoms with E-state index in [0.717, 1.165) is 35.7 Å². The van der Waals surface area contributed by atoms with Gasteiger partial charge in [0.05, 0.1) is 27.2 Å². The van der Waals surface area contributed by atoms with Crippen LogP contribution in [0.3, 0.4) is 0 Å². The van der Waals surface area contributed by atoms with Crippen LogP contribution in [-0.4, -0.2) is 50.7 Å². The second-order valence-electron chi connectivity index (χ2n) is 9.64. The summed E-state index contributed by atoms with van der Waals surface area (Å²) in [4.78, 5) is 15.3. The predicted octanol–water partition coefficient (Wildman–Crippen LogP) is 6.53. The van der Waals surface area contributed by atoms with Crippen molar-refractivity contribution in [2.75, 3.05) is 33.7 Å². The van der Waals surface area contributed by atoms with Gasteiger partial charge in [0.15, 0.2) is 0 Å². The molecule has 32 heavy (non-hydrogen) atoms. The summed E-state index contributed by atoms with van der Waals surface area (Å²) in [7, 11) is 4.66. The Hall–Kier alpha value is -2.26. The summed E-state index contributed by atoms with van der Waals surface area (Å²) in [6.07, 6.45) is 14.0. The maximum Gasteiger partial charge on any atom is 0.150 e. The highest BCUT2D eigenvalue weighted by Gasteiger charge is 2.14. The van der Waals surface area contributed by atoms with Crippen LogP contribution in [-0.2, 0) is 12.8 Å². The molecule has 0 radical (unpaired) electrons. The van der Waals surface area contributed by atoms with Gasteiger partial charge in [-0.3, -0.25) is 9.79 Å². The van der Waals surface area contributed by atoms with Gasteiger partial charge in [0.25, 0.3) is 0 Å². The van der Waals surface area contributed by atoms with Gasteiger partial charge < -0.3 is 4.48 Å². The molecule has 3 nitrogen and oxygen atoms in total. The number of aryl methyl sites for hydroxylation is 2. The van der Waals surface area contributed by atoms with Gasteiger partial charge >= 0.3 is 0 Å². The van der Waals surface area contributed by atoms with Gasteiger partial charge in [-0.1, -0.05) is 81.1 Å². The maximum absolute atomic E-state index is 10.8. The zero-order valence-corrected chi connectivity index (χ0v) is 20.6. The van der Waals surface area contributed by atoms with E-state index < -0.39 is 0 Å². The Balaban J connectivity index is 1.63. The largest absolute Gasteiger partial charge is 0.328 e. The highest BCUT2D eigenvalue weighted by Crippen LogP contribution is 2.11. The molecule has 0 bridgehead atoms. The van der Waals surface area contributed by atoms with Crippen LogP contribution in [0.25, 0.3) is 0 Å². The molecule has 0 saturated carbocycles. The Morgan fingerprint density at radius 1 is 0.719 bits per heavy atom. The number of aldehydes is 1. The van der Waals surface area contributed by atoms with Crippen molar-refractivity contribution in [2.45, 2.75) is 64.7 Å². The molecule has 2 aromatic carbocycles. The Morgan fingerprint density at radius 3 is 1.78 bits per heavy atom. The number of rotatable bonds is 16. The zero-order chi connectivity index (χ0) is 23.1. The average Bonchev–Trinajstić information content (AvgIpc) is 2.80. The topological polar surface area (TPSA) is 29.4 Å². The summed E-state index contributed by atoms with van der Waals surface area (Å²) in [5.41, 5.74) is 4.69. The van der Waals surface area contributed by atoms with Gasteiger partial charge in [0, 0.05) is 31.2 Å². The molecule has 0 fully saturated rings. The zero-order valence-electron chi connectivity index (χ0n) is 20.6. The van der Waals surface area contributed by atoms with Crippen molar-refractivity contribution in [3.05, 3.63) is 70.8 Å². The number of benzene rings is 2. The Bertz CT molecular complexity index is 791. The number of unbranched alkanes of at least 4 members (excludes halogenated alkanes) is 4. The first-order valence-electron chi connectivity index (χ1n) is 12.5. The molecule has 0 aliphatic heterocycles. The van der Waals surface area contributed by atoms with Crippen molar-refractivity contribution in [1.29, 1.82) is 0 Å². The molecule has 0 aliphatic carbocycles. The minimum absolute atomic E-state index is 0.753. The van der Waals surface area contributed by atoms with Crippen LogP contribution < -0.4 is 0 Å². The number of carbonyl (C=O) groups excluding carboxylic acids is 1. The molecule has 0 N–H and O–H groups in total. The van der Waals surface area contributed by atoms with Crippen molar-refractivity contribution in [2.24, 2.45) is 4.99 Å². The SMILES string of the molecule is CCCCCCCN=Cc1ccc(CCC[N+](C)(C)CCCc2ccc(C=O)cc2)cc1. The fourth-order valence-corrected chi connectivity index (χ4v) is 4.04. The second-order valence-corrected chi connectivity index (χ2v) is 9.64. The molecule has 3 heteroatoms. The van der Waals surface area contributed by atoms with E-state index in [1.165, 1.54) is 74.7 Å². The van der Waals surface area contributed by atoms with Gasteiger partial charge in [-0.15, -0.1) is 0 Å². The van der Waals surface area contributed by atoms with Gasteiger partial charge in [0.2, 0.25) is 0 Å². The fourth-order valence-electron chi connectivity index (χ4n) is 4.04. The smallest absolute Gasteiger partial charge is 0.150 e. The first-order chi connectivity index (χ1) is 15.5. The lowest BCUT2D eigenvalue weighted by molar-refractivity contribution is -0.890. The number of hydrogen-bond acceptors (Lipinski definition) is 2. The highest BCUT2D eigenvalue weighted by atomic mass is 16.1. The van der Waals surface area contributed by atoms with Crippen molar-refractivity contribution in [3.63, 3.8) is 0 Å². The number of carbonyl (C=O) groups is 1. The van der Waals surface area contributed by atoms with Crippen LogP contribution in [0.1, 0.15) is 78.9 Å². The first-order valence-corrected chi connectivity index (χ1v) is 12.5. The molecule has 0 spiro atoms. The number of nitrogens with zero attached hydrogens (tertiary/aromatic N) is 2. The van der Waals surface area contributed by atoms with Crippen LogP contribution >= 0.6 is 0 Å². The molecule has 0 aliphatic rings. The van der Waals surface area contributed by atoms with E-state index >= 15 is 0 Å². The van der Waals surface area contributed by atoms with Crippen molar-refractivity contribution in [3.8, 4) is 0 Å². The van der Waals surface area contributed by atoms with E-state index in [0.29, 0.717) is 0 Å². The van der Waals surface area contributed by atoms with Crippen LogP contribution in [0, 0.1) is 0 Å². The number of aliphatic imine (C=N–C) groups is 1. The third kappa shape index (κ3) is 10.9. The maximum atomic E-state index is 10.8. The monoisotopic (exact) mass is 435 g/mol. The fraction of sp³-hybridized carbons (Fsp3) is 0.517. The van der Waals surface area contributed by atoms with E-state index in [-0.39, 0.29) is 0 Å². The Labute approximate surface area is 196 Å². The lowest BCUT2D eigenvalue weighted by atomic mass is 10.1. The molecule has 0 heterocycles. The summed E-state index contributed by atoms with van der Waals surface area (Å²) >= 11 is 0. The van der Waals surface area contributed by atoms with E-state index in [9.17, 15) is 4.79 Å². The lowest BCUT2D eigenvalue weighted by Gasteiger charge is -2.30. The van der Waals surface area contributed by atoms with Crippen LogP contribution in [0.4, 0.5) is 0 Å². The molecule has 2 aromatic rings. The summed E-state index contributed by atoms with van der Waals surface area (Å²) in [5, 5.41) is 0. The quantitative estimate of drug-likeness (QED) is 0.128. The second kappa shape index (κ2) is 14.7. The molecule has 0 saturated heterocycles. The molecule has 174 valence electrons. The molecule has 2 rings (SSSR count). The third-order valence-electron chi connectivity index (χ3n) is 6.18. The van der Waals surface area contributed by atoms with Gasteiger partial charge in [0.1, 0.15) is 6.29 Å². The summed E-state index contributed by atoms with van der Waals surface area (Å²) in [6, 6.07) is 16.9. The summed E-state index contributed by atoms with van der Waals surface area (Å²) in [6.45, 7) is 5.55. The lowest BCUT2D eigenvalue weighted by Crippen LogP contribution is -2.41. The molecule has 0 aromatic heterocycles. The van der Waals surface area contributed by atoms with E-state index in [1.807, 2.05) is 18.3 Å². The van der Waals surface area contributed by atoms with Crippen molar-refractivity contribution >= 4 is 12.5 Å². The highest BCUT2D eigenvalue weighted by molar-refractivity contribution is 5.79. The molecular formula is C29H43N2O+. The van der Waals surface area contributed by atoms with Crippen molar-refractivity contribution in [1.82, 2.24) is 0 Å². The van der Waals surface area contributed by atoms with E-state index in [2.05, 4.69) is 62.4 Å². The van der Waals surface area contributed by atoms with Crippen molar-refractivity contribution < 1.29 is 9.28 Å². The first kappa shape index (κ1) is 26.0. The van der Waals surface area contributed by atoms with Gasteiger partial charge in [-0.25, -0.2) is 0 Å². The Kier molecular flexibility index (Phi) is 12.0. The standard InChI is InChI=1S/C29H43N2O/c1-4-5-6-7-8-21-30-24-28-17-13-26(14-18-28)11-9-22-31(2,3)23-10-12-27-15-19-29(25-32)20-16-27/h13-20,24-25H,4-12,21-23H2,1-3H3/q+1. The number of hydrogen-bond donors (Lipinski definition) is 0. The van der Waals surface area contributed by atoms with E-state index in [4.69, 9.17) is 0 Å².